The first-order chi connectivity index (χ1) is 11.6. The lowest BCUT2D eigenvalue weighted by atomic mass is 10.1. The standard InChI is InChI=1S/C20H26N2O2.ClH/c1-16-8-7-11-18(14-16)24-13-6-5-12-20(23)22-15-19(21)17-9-3-2-4-10-17;/h2-4,7-11,14,19H,5-6,12-13,15,21H2,1H3,(H,22,23);1H. The Kier molecular flexibility index (Phi) is 9.66. The van der Waals surface area contributed by atoms with E-state index in [0.29, 0.717) is 19.6 Å². The van der Waals surface area contributed by atoms with Crippen molar-refractivity contribution in [3.05, 3.63) is 65.7 Å². The second-order valence-electron chi connectivity index (χ2n) is 5.94. The van der Waals surface area contributed by atoms with Gasteiger partial charge in [0.25, 0.3) is 0 Å². The van der Waals surface area contributed by atoms with Crippen LogP contribution in [-0.4, -0.2) is 19.1 Å². The van der Waals surface area contributed by atoms with Crippen LogP contribution in [0.2, 0.25) is 0 Å². The SMILES string of the molecule is Cc1cccc(OCCCCC(=O)NCC(N)c2ccccc2)c1.Cl. The van der Waals surface area contributed by atoms with E-state index in [1.54, 1.807) is 0 Å². The molecule has 0 radical (unpaired) electrons. The number of unbranched alkanes of at least 4 members (excludes halogenated alkanes) is 1. The van der Waals surface area contributed by atoms with Crippen LogP contribution in [0.15, 0.2) is 54.6 Å². The average molecular weight is 363 g/mol. The zero-order chi connectivity index (χ0) is 17.2. The van der Waals surface area contributed by atoms with E-state index in [1.165, 1.54) is 5.56 Å². The fourth-order valence-electron chi connectivity index (χ4n) is 2.41. The van der Waals surface area contributed by atoms with Crippen LogP contribution in [0.3, 0.4) is 0 Å². The van der Waals surface area contributed by atoms with E-state index >= 15 is 0 Å². The molecular weight excluding hydrogens is 336 g/mol. The second-order valence-corrected chi connectivity index (χ2v) is 5.94. The van der Waals surface area contributed by atoms with E-state index in [-0.39, 0.29) is 24.4 Å². The molecule has 136 valence electrons. The molecule has 2 aromatic carbocycles. The molecule has 1 unspecified atom stereocenters. The summed E-state index contributed by atoms with van der Waals surface area (Å²) < 4.78 is 5.67. The van der Waals surface area contributed by atoms with Crippen molar-refractivity contribution in [1.29, 1.82) is 0 Å². The molecule has 0 spiro atoms. The number of nitrogens with two attached hydrogens (primary N) is 1. The van der Waals surface area contributed by atoms with E-state index in [1.807, 2.05) is 61.5 Å². The van der Waals surface area contributed by atoms with Gasteiger partial charge in [-0.2, -0.15) is 0 Å². The molecule has 1 amide bonds. The van der Waals surface area contributed by atoms with Gasteiger partial charge in [0, 0.05) is 19.0 Å². The molecule has 2 aromatic rings. The lowest BCUT2D eigenvalue weighted by Crippen LogP contribution is -2.31. The van der Waals surface area contributed by atoms with Crippen molar-refractivity contribution in [1.82, 2.24) is 5.32 Å². The Balaban J connectivity index is 0.00000312. The molecule has 0 bridgehead atoms. The van der Waals surface area contributed by atoms with Crippen molar-refractivity contribution in [3.63, 3.8) is 0 Å². The maximum Gasteiger partial charge on any atom is 0.220 e. The third-order valence-electron chi connectivity index (χ3n) is 3.80. The minimum atomic E-state index is -0.167. The summed E-state index contributed by atoms with van der Waals surface area (Å²) >= 11 is 0. The van der Waals surface area contributed by atoms with E-state index in [0.717, 1.165) is 24.2 Å². The first-order valence-electron chi connectivity index (χ1n) is 8.42. The van der Waals surface area contributed by atoms with Gasteiger partial charge in [-0.15, -0.1) is 12.4 Å². The van der Waals surface area contributed by atoms with E-state index in [2.05, 4.69) is 5.32 Å². The highest BCUT2D eigenvalue weighted by Gasteiger charge is 2.07. The van der Waals surface area contributed by atoms with Crippen LogP contribution in [-0.2, 0) is 4.79 Å². The van der Waals surface area contributed by atoms with E-state index < -0.39 is 0 Å². The van der Waals surface area contributed by atoms with Gasteiger partial charge in [0.2, 0.25) is 5.91 Å². The third-order valence-corrected chi connectivity index (χ3v) is 3.80. The summed E-state index contributed by atoms with van der Waals surface area (Å²) in [5.74, 6) is 0.922. The summed E-state index contributed by atoms with van der Waals surface area (Å²) in [4.78, 5) is 11.8. The first kappa shape index (κ1) is 21.0. The maximum absolute atomic E-state index is 11.8. The quantitative estimate of drug-likeness (QED) is 0.667. The summed E-state index contributed by atoms with van der Waals surface area (Å²) in [6.07, 6.45) is 2.16. The van der Waals surface area contributed by atoms with Crippen LogP contribution >= 0.6 is 12.4 Å². The number of nitrogens with one attached hydrogen (secondary N) is 1. The van der Waals surface area contributed by atoms with Crippen LogP contribution in [0.4, 0.5) is 0 Å². The van der Waals surface area contributed by atoms with E-state index in [4.69, 9.17) is 10.5 Å². The summed E-state index contributed by atoms with van der Waals surface area (Å²) in [6, 6.07) is 17.6. The lowest BCUT2D eigenvalue weighted by Gasteiger charge is -2.13. The Labute approximate surface area is 156 Å². The Morgan fingerprint density at radius 3 is 2.60 bits per heavy atom. The largest absolute Gasteiger partial charge is 0.494 e. The molecule has 4 nitrogen and oxygen atoms in total. The lowest BCUT2D eigenvalue weighted by molar-refractivity contribution is -0.121. The number of hydrogen-bond donors (Lipinski definition) is 2. The number of ether oxygens (including phenoxy) is 1. The average Bonchev–Trinajstić information content (AvgIpc) is 2.60. The molecule has 0 fully saturated rings. The summed E-state index contributed by atoms with van der Waals surface area (Å²) in [5.41, 5.74) is 8.28. The van der Waals surface area contributed by atoms with Gasteiger partial charge in [-0.05, 0) is 43.0 Å². The number of benzene rings is 2. The van der Waals surface area contributed by atoms with Gasteiger partial charge in [0.15, 0.2) is 0 Å². The van der Waals surface area contributed by atoms with Crippen LogP contribution in [0.5, 0.6) is 5.75 Å². The van der Waals surface area contributed by atoms with Crippen LogP contribution in [0, 0.1) is 6.92 Å². The Hall–Kier alpha value is -2.04. The van der Waals surface area contributed by atoms with Crippen LogP contribution < -0.4 is 15.8 Å². The molecule has 25 heavy (non-hydrogen) atoms. The minimum absolute atomic E-state index is 0. The highest BCUT2D eigenvalue weighted by atomic mass is 35.5. The van der Waals surface area contributed by atoms with Gasteiger partial charge in [0.05, 0.1) is 6.61 Å². The van der Waals surface area contributed by atoms with Gasteiger partial charge in [0.1, 0.15) is 5.75 Å². The number of carbonyl (C=O) groups is 1. The zero-order valence-corrected chi connectivity index (χ0v) is 15.4. The zero-order valence-electron chi connectivity index (χ0n) is 14.6. The van der Waals surface area contributed by atoms with Crippen molar-refractivity contribution >= 4 is 18.3 Å². The highest BCUT2D eigenvalue weighted by Crippen LogP contribution is 2.13. The molecular formula is C20H27ClN2O2. The van der Waals surface area contributed by atoms with Crippen molar-refractivity contribution in [2.45, 2.75) is 32.2 Å². The van der Waals surface area contributed by atoms with Gasteiger partial charge in [-0.25, -0.2) is 0 Å². The fourth-order valence-corrected chi connectivity index (χ4v) is 2.41. The Bertz CT molecular complexity index is 635. The number of carbonyl (C=O) groups excluding carboxylic acids is 1. The summed E-state index contributed by atoms with van der Waals surface area (Å²) in [5, 5.41) is 2.89. The van der Waals surface area contributed by atoms with Crippen molar-refractivity contribution in [2.24, 2.45) is 5.73 Å². The summed E-state index contributed by atoms with van der Waals surface area (Å²) in [7, 11) is 0. The van der Waals surface area contributed by atoms with Crippen molar-refractivity contribution in [2.75, 3.05) is 13.2 Å². The normalized spacial score (nSPS) is 11.3. The van der Waals surface area contributed by atoms with Crippen molar-refractivity contribution < 1.29 is 9.53 Å². The molecule has 1 atom stereocenters. The maximum atomic E-state index is 11.8. The summed E-state index contributed by atoms with van der Waals surface area (Å²) in [6.45, 7) is 3.13. The van der Waals surface area contributed by atoms with Gasteiger partial charge < -0.3 is 15.8 Å². The van der Waals surface area contributed by atoms with Crippen molar-refractivity contribution in [3.8, 4) is 5.75 Å². The molecule has 2 rings (SSSR count). The number of rotatable bonds is 9. The van der Waals surface area contributed by atoms with Gasteiger partial charge in [-0.1, -0.05) is 42.5 Å². The van der Waals surface area contributed by atoms with Crippen LogP contribution in [0.25, 0.3) is 0 Å². The Morgan fingerprint density at radius 1 is 1.12 bits per heavy atom. The predicted molar refractivity (Wildman–Crippen MR) is 104 cm³/mol. The number of aryl methyl sites for hydroxylation is 1. The molecule has 0 saturated heterocycles. The molecule has 5 heteroatoms. The van der Waals surface area contributed by atoms with Crippen LogP contribution in [0.1, 0.15) is 36.4 Å². The topological polar surface area (TPSA) is 64.3 Å². The molecule has 0 aromatic heterocycles. The molecule has 0 heterocycles. The number of amides is 1. The predicted octanol–water partition coefficient (Wildman–Crippen LogP) is 3.78. The molecule has 0 aliphatic heterocycles. The second kappa shape index (κ2) is 11.5. The van der Waals surface area contributed by atoms with Gasteiger partial charge in [-0.3, -0.25) is 4.79 Å². The minimum Gasteiger partial charge on any atom is -0.494 e. The monoisotopic (exact) mass is 362 g/mol. The third kappa shape index (κ3) is 8.05. The molecule has 0 aliphatic carbocycles. The number of halogens is 1. The van der Waals surface area contributed by atoms with Gasteiger partial charge >= 0.3 is 0 Å². The van der Waals surface area contributed by atoms with E-state index in [9.17, 15) is 4.79 Å². The highest BCUT2D eigenvalue weighted by molar-refractivity contribution is 5.85. The molecule has 3 N–H and O–H groups in total. The molecule has 0 aliphatic rings. The fraction of sp³-hybridized carbons (Fsp3) is 0.350. The molecule has 0 saturated carbocycles. The Morgan fingerprint density at radius 2 is 1.88 bits per heavy atom. The first-order valence-corrected chi connectivity index (χ1v) is 8.42. The smallest absolute Gasteiger partial charge is 0.220 e. The number of hydrogen-bond acceptors (Lipinski definition) is 3.